The van der Waals surface area contributed by atoms with Gasteiger partial charge in [0.1, 0.15) is 0 Å². The fourth-order valence-electron chi connectivity index (χ4n) is 2.60. The normalized spacial score (nSPS) is 43.9. The molecule has 0 aliphatic heterocycles. The van der Waals surface area contributed by atoms with Crippen molar-refractivity contribution in [3.05, 3.63) is 0 Å². The molecule has 2 nitrogen and oxygen atoms in total. The van der Waals surface area contributed by atoms with Crippen LogP contribution in [0.2, 0.25) is 0 Å². The second kappa shape index (κ2) is 4.19. The molecule has 1 N–H and O–H groups in total. The minimum atomic E-state index is -0.229. The molecule has 2 aliphatic rings. The third-order valence-corrected chi connectivity index (χ3v) is 3.58. The summed E-state index contributed by atoms with van der Waals surface area (Å²) in [6, 6.07) is 0. The van der Waals surface area contributed by atoms with Crippen molar-refractivity contribution in [3.63, 3.8) is 0 Å². The Labute approximate surface area is 86.6 Å². The van der Waals surface area contributed by atoms with Gasteiger partial charge in [-0.1, -0.05) is 13.8 Å². The van der Waals surface area contributed by atoms with Gasteiger partial charge >= 0.3 is 0 Å². The van der Waals surface area contributed by atoms with Gasteiger partial charge in [0, 0.05) is 6.61 Å². The number of hydrogen-bond donors (Lipinski definition) is 1. The highest BCUT2D eigenvalue weighted by atomic mass is 16.5. The molecular formula is C12H22O2. The Bertz CT molecular complexity index is 177. The minimum Gasteiger partial charge on any atom is -0.390 e. The molecule has 0 radical (unpaired) electrons. The van der Waals surface area contributed by atoms with Gasteiger partial charge in [-0.05, 0) is 43.4 Å². The molecule has 4 unspecified atom stereocenters. The van der Waals surface area contributed by atoms with E-state index in [0.717, 1.165) is 18.9 Å². The highest BCUT2D eigenvalue weighted by molar-refractivity contribution is 4.84. The lowest BCUT2D eigenvalue weighted by Crippen LogP contribution is -2.41. The number of aliphatic hydroxyl groups excluding tert-OH is 1. The molecular weight excluding hydrogens is 176 g/mol. The molecule has 82 valence electrons. The standard InChI is InChI=1S/C12H22O2/c1-8-5-9(2)12(11(13)6-8)14-7-10-3-4-10/h8-13H,3-7H2,1-2H3. The van der Waals surface area contributed by atoms with Crippen LogP contribution < -0.4 is 0 Å². The molecule has 2 fully saturated rings. The van der Waals surface area contributed by atoms with Crippen LogP contribution in [0.4, 0.5) is 0 Å². The highest BCUT2D eigenvalue weighted by Crippen LogP contribution is 2.34. The molecule has 2 aliphatic carbocycles. The van der Waals surface area contributed by atoms with Crippen molar-refractivity contribution >= 4 is 0 Å². The molecule has 0 amide bonds. The zero-order chi connectivity index (χ0) is 10.1. The van der Waals surface area contributed by atoms with Crippen molar-refractivity contribution in [1.29, 1.82) is 0 Å². The summed E-state index contributed by atoms with van der Waals surface area (Å²) in [7, 11) is 0. The smallest absolute Gasteiger partial charge is 0.0859 e. The summed E-state index contributed by atoms with van der Waals surface area (Å²) < 4.78 is 5.83. The van der Waals surface area contributed by atoms with Gasteiger partial charge in [-0.3, -0.25) is 0 Å². The van der Waals surface area contributed by atoms with E-state index < -0.39 is 0 Å². The van der Waals surface area contributed by atoms with Gasteiger partial charge in [0.15, 0.2) is 0 Å². The Kier molecular flexibility index (Phi) is 3.13. The fourth-order valence-corrected chi connectivity index (χ4v) is 2.60. The van der Waals surface area contributed by atoms with E-state index in [1.807, 2.05) is 0 Å². The van der Waals surface area contributed by atoms with Crippen molar-refractivity contribution in [2.24, 2.45) is 17.8 Å². The highest BCUT2D eigenvalue weighted by Gasteiger charge is 2.34. The van der Waals surface area contributed by atoms with E-state index in [0.29, 0.717) is 11.8 Å². The molecule has 2 saturated carbocycles. The van der Waals surface area contributed by atoms with Gasteiger partial charge in [0.05, 0.1) is 12.2 Å². The van der Waals surface area contributed by atoms with E-state index in [9.17, 15) is 5.11 Å². The van der Waals surface area contributed by atoms with Crippen LogP contribution in [0.25, 0.3) is 0 Å². The molecule has 0 heterocycles. The maximum Gasteiger partial charge on any atom is 0.0859 e. The summed E-state index contributed by atoms with van der Waals surface area (Å²) >= 11 is 0. The van der Waals surface area contributed by atoms with Gasteiger partial charge < -0.3 is 9.84 Å². The number of rotatable bonds is 3. The minimum absolute atomic E-state index is 0.104. The first-order chi connectivity index (χ1) is 6.66. The Morgan fingerprint density at radius 3 is 2.50 bits per heavy atom. The molecule has 2 rings (SSSR count). The first-order valence-corrected chi connectivity index (χ1v) is 5.96. The third-order valence-electron chi connectivity index (χ3n) is 3.58. The Morgan fingerprint density at radius 2 is 1.93 bits per heavy atom. The van der Waals surface area contributed by atoms with Gasteiger partial charge in [0.25, 0.3) is 0 Å². The first-order valence-electron chi connectivity index (χ1n) is 5.96. The van der Waals surface area contributed by atoms with E-state index in [1.54, 1.807) is 0 Å². The molecule has 2 heteroatoms. The summed E-state index contributed by atoms with van der Waals surface area (Å²) in [5.74, 6) is 1.97. The van der Waals surface area contributed by atoms with Gasteiger partial charge in [-0.15, -0.1) is 0 Å². The average Bonchev–Trinajstić information content (AvgIpc) is 2.85. The van der Waals surface area contributed by atoms with Crippen LogP contribution in [0, 0.1) is 17.8 Å². The van der Waals surface area contributed by atoms with Gasteiger partial charge in [-0.25, -0.2) is 0 Å². The predicted molar refractivity (Wildman–Crippen MR) is 56.0 cm³/mol. The Morgan fingerprint density at radius 1 is 1.21 bits per heavy atom. The first kappa shape index (κ1) is 10.4. The predicted octanol–water partition coefficient (Wildman–Crippen LogP) is 2.21. The van der Waals surface area contributed by atoms with Crippen molar-refractivity contribution in [3.8, 4) is 0 Å². The van der Waals surface area contributed by atoms with Crippen molar-refractivity contribution in [2.45, 2.75) is 51.7 Å². The quantitative estimate of drug-likeness (QED) is 0.753. The number of ether oxygens (including phenoxy) is 1. The monoisotopic (exact) mass is 198 g/mol. The maximum absolute atomic E-state index is 9.92. The Balaban J connectivity index is 1.81. The van der Waals surface area contributed by atoms with Crippen LogP contribution in [0.3, 0.4) is 0 Å². The van der Waals surface area contributed by atoms with Crippen LogP contribution in [-0.2, 0) is 4.74 Å². The van der Waals surface area contributed by atoms with E-state index in [-0.39, 0.29) is 12.2 Å². The molecule has 0 spiro atoms. The lowest BCUT2D eigenvalue weighted by molar-refractivity contribution is -0.0983. The van der Waals surface area contributed by atoms with Gasteiger partial charge in [-0.2, -0.15) is 0 Å². The van der Waals surface area contributed by atoms with E-state index >= 15 is 0 Å². The molecule has 0 aromatic rings. The molecule has 0 saturated heterocycles. The van der Waals surface area contributed by atoms with Crippen molar-refractivity contribution < 1.29 is 9.84 Å². The lowest BCUT2D eigenvalue weighted by atomic mass is 9.79. The zero-order valence-electron chi connectivity index (χ0n) is 9.28. The largest absolute Gasteiger partial charge is 0.390 e. The SMILES string of the molecule is CC1CC(C)C(OCC2CC2)C(O)C1. The lowest BCUT2D eigenvalue weighted by Gasteiger charge is -2.36. The van der Waals surface area contributed by atoms with Gasteiger partial charge in [0.2, 0.25) is 0 Å². The van der Waals surface area contributed by atoms with Crippen LogP contribution >= 0.6 is 0 Å². The summed E-state index contributed by atoms with van der Waals surface area (Å²) in [6.07, 6.45) is 4.65. The topological polar surface area (TPSA) is 29.5 Å². The molecule has 0 bridgehead atoms. The molecule has 4 atom stereocenters. The number of aliphatic hydroxyl groups is 1. The van der Waals surface area contributed by atoms with Crippen LogP contribution in [-0.4, -0.2) is 23.9 Å². The summed E-state index contributed by atoms with van der Waals surface area (Å²) in [6.45, 7) is 5.30. The second-order valence-electron chi connectivity index (χ2n) is 5.36. The maximum atomic E-state index is 9.92. The van der Waals surface area contributed by atoms with Crippen LogP contribution in [0.1, 0.15) is 39.5 Å². The third kappa shape index (κ3) is 2.48. The van der Waals surface area contributed by atoms with E-state index in [2.05, 4.69) is 13.8 Å². The average molecular weight is 198 g/mol. The zero-order valence-corrected chi connectivity index (χ0v) is 9.28. The Hall–Kier alpha value is -0.0800. The van der Waals surface area contributed by atoms with Crippen molar-refractivity contribution in [2.75, 3.05) is 6.61 Å². The van der Waals surface area contributed by atoms with Crippen LogP contribution in [0.15, 0.2) is 0 Å². The second-order valence-corrected chi connectivity index (χ2v) is 5.36. The van der Waals surface area contributed by atoms with E-state index in [1.165, 1.54) is 19.3 Å². The summed E-state index contributed by atoms with van der Waals surface area (Å²) in [5.41, 5.74) is 0. The van der Waals surface area contributed by atoms with E-state index in [4.69, 9.17) is 4.74 Å². The molecule has 0 aromatic carbocycles. The number of hydrogen-bond acceptors (Lipinski definition) is 2. The molecule has 0 aromatic heterocycles. The molecule has 14 heavy (non-hydrogen) atoms. The van der Waals surface area contributed by atoms with Crippen molar-refractivity contribution in [1.82, 2.24) is 0 Å². The summed E-state index contributed by atoms with van der Waals surface area (Å²) in [5, 5.41) is 9.92. The fraction of sp³-hybridized carbons (Fsp3) is 1.00. The van der Waals surface area contributed by atoms with Crippen LogP contribution in [0.5, 0.6) is 0 Å². The summed E-state index contributed by atoms with van der Waals surface area (Å²) in [4.78, 5) is 0.